The van der Waals surface area contributed by atoms with E-state index >= 15 is 0 Å². The Morgan fingerprint density at radius 2 is 1.85 bits per heavy atom. The first-order chi connectivity index (χ1) is 9.54. The normalized spacial score (nSPS) is 19.9. The van der Waals surface area contributed by atoms with Gasteiger partial charge in [-0.1, -0.05) is 12.1 Å². The first-order valence-corrected chi connectivity index (χ1v) is 7.46. The lowest BCUT2D eigenvalue weighted by Crippen LogP contribution is -2.56. The maximum atomic E-state index is 9.48. The van der Waals surface area contributed by atoms with Gasteiger partial charge >= 0.3 is 0 Å². The highest BCUT2D eigenvalue weighted by Gasteiger charge is 2.26. The molecule has 0 aromatic heterocycles. The largest absolute Gasteiger partial charge is 0.395 e. The lowest BCUT2D eigenvalue weighted by atomic mass is 10.1. The summed E-state index contributed by atoms with van der Waals surface area (Å²) in [5.41, 5.74) is 10.0. The van der Waals surface area contributed by atoms with Crippen molar-refractivity contribution in [2.75, 3.05) is 37.7 Å². The fourth-order valence-electron chi connectivity index (χ4n) is 2.99. The average Bonchev–Trinajstić information content (AvgIpc) is 2.43. The third-order valence-electron chi connectivity index (χ3n) is 4.49. The molecule has 112 valence electrons. The second kappa shape index (κ2) is 6.57. The number of nitrogens with zero attached hydrogens (tertiary/aromatic N) is 2. The van der Waals surface area contributed by atoms with Crippen LogP contribution in [0.5, 0.6) is 0 Å². The van der Waals surface area contributed by atoms with E-state index in [4.69, 9.17) is 5.73 Å². The van der Waals surface area contributed by atoms with Gasteiger partial charge in [0.1, 0.15) is 0 Å². The van der Waals surface area contributed by atoms with E-state index in [1.165, 1.54) is 16.8 Å². The van der Waals surface area contributed by atoms with Crippen LogP contribution in [0.15, 0.2) is 18.2 Å². The molecule has 1 aliphatic heterocycles. The molecule has 0 spiro atoms. The molecule has 3 N–H and O–H groups in total. The van der Waals surface area contributed by atoms with Crippen molar-refractivity contribution >= 4 is 5.69 Å². The lowest BCUT2D eigenvalue weighted by molar-refractivity contribution is 0.102. The molecule has 2 rings (SSSR count). The van der Waals surface area contributed by atoms with Crippen molar-refractivity contribution in [2.24, 2.45) is 5.73 Å². The van der Waals surface area contributed by atoms with Crippen LogP contribution >= 0.6 is 0 Å². The summed E-state index contributed by atoms with van der Waals surface area (Å²) in [7, 11) is 0. The van der Waals surface area contributed by atoms with Gasteiger partial charge in [-0.15, -0.1) is 0 Å². The number of anilines is 1. The number of piperazine rings is 1. The van der Waals surface area contributed by atoms with Gasteiger partial charge in [0.15, 0.2) is 0 Å². The zero-order chi connectivity index (χ0) is 14.7. The molecule has 0 aliphatic carbocycles. The number of hydrogen-bond acceptors (Lipinski definition) is 4. The average molecular weight is 277 g/mol. The highest BCUT2D eigenvalue weighted by Crippen LogP contribution is 2.24. The van der Waals surface area contributed by atoms with E-state index in [2.05, 4.69) is 41.8 Å². The number of aliphatic hydroxyl groups excluding tert-OH is 1. The minimum absolute atomic E-state index is 0.00672. The Kier molecular flexibility index (Phi) is 5.02. The molecule has 1 aliphatic rings. The number of aryl methyl sites for hydroxylation is 1. The lowest BCUT2D eigenvalue weighted by Gasteiger charge is -2.41. The highest BCUT2D eigenvalue weighted by atomic mass is 16.3. The molecular formula is C16H27N3O. The Balaban J connectivity index is 2.02. The Labute approximate surface area is 122 Å². The fourth-order valence-corrected chi connectivity index (χ4v) is 2.99. The van der Waals surface area contributed by atoms with Crippen LogP contribution in [-0.2, 0) is 0 Å². The molecule has 1 fully saturated rings. The van der Waals surface area contributed by atoms with Crippen LogP contribution in [0.3, 0.4) is 0 Å². The third-order valence-corrected chi connectivity index (χ3v) is 4.49. The van der Waals surface area contributed by atoms with Crippen molar-refractivity contribution in [2.45, 2.75) is 32.9 Å². The standard InChI is InChI=1S/C16H27N3O/c1-12-5-4-6-15(13(12)2)18-7-9-19(10-8-18)16(11-20)14(3)17/h4-6,14,16,20H,7-11,17H2,1-3H3. The third kappa shape index (κ3) is 3.14. The molecule has 1 saturated heterocycles. The van der Waals surface area contributed by atoms with Crippen molar-refractivity contribution in [1.29, 1.82) is 0 Å². The minimum Gasteiger partial charge on any atom is -0.395 e. The van der Waals surface area contributed by atoms with Crippen molar-refractivity contribution in [3.63, 3.8) is 0 Å². The van der Waals surface area contributed by atoms with E-state index < -0.39 is 0 Å². The number of benzene rings is 1. The van der Waals surface area contributed by atoms with Gasteiger partial charge in [0.25, 0.3) is 0 Å². The topological polar surface area (TPSA) is 52.7 Å². The summed E-state index contributed by atoms with van der Waals surface area (Å²) in [5.74, 6) is 0. The van der Waals surface area contributed by atoms with E-state index in [0.717, 1.165) is 26.2 Å². The minimum atomic E-state index is 0.00672. The number of hydrogen-bond donors (Lipinski definition) is 2. The molecule has 2 atom stereocenters. The summed E-state index contributed by atoms with van der Waals surface area (Å²) in [4.78, 5) is 4.75. The molecule has 4 nitrogen and oxygen atoms in total. The van der Waals surface area contributed by atoms with E-state index in [1.807, 2.05) is 6.92 Å². The maximum absolute atomic E-state index is 9.48. The first kappa shape index (κ1) is 15.3. The Bertz CT molecular complexity index is 439. The van der Waals surface area contributed by atoms with Gasteiger partial charge in [-0.05, 0) is 38.0 Å². The summed E-state index contributed by atoms with van der Waals surface area (Å²) in [6.07, 6.45) is 0. The predicted octanol–water partition coefficient (Wildman–Crippen LogP) is 1.13. The summed E-state index contributed by atoms with van der Waals surface area (Å²) < 4.78 is 0. The SMILES string of the molecule is Cc1cccc(N2CCN(C(CO)C(C)N)CC2)c1C. The van der Waals surface area contributed by atoms with Gasteiger partial charge in [-0.3, -0.25) is 4.90 Å². The quantitative estimate of drug-likeness (QED) is 0.866. The van der Waals surface area contributed by atoms with Crippen molar-refractivity contribution < 1.29 is 5.11 Å². The van der Waals surface area contributed by atoms with Gasteiger partial charge < -0.3 is 15.7 Å². The highest BCUT2D eigenvalue weighted by molar-refractivity contribution is 5.56. The molecule has 0 radical (unpaired) electrons. The molecule has 0 saturated carbocycles. The molecular weight excluding hydrogens is 250 g/mol. The Hall–Kier alpha value is -1.10. The maximum Gasteiger partial charge on any atom is 0.0601 e. The van der Waals surface area contributed by atoms with Crippen molar-refractivity contribution in [3.05, 3.63) is 29.3 Å². The molecule has 20 heavy (non-hydrogen) atoms. The molecule has 1 aromatic rings. The van der Waals surface area contributed by atoms with Crippen LogP contribution in [0.4, 0.5) is 5.69 Å². The van der Waals surface area contributed by atoms with Gasteiger partial charge in [0.05, 0.1) is 6.61 Å². The molecule has 4 heteroatoms. The summed E-state index contributed by atoms with van der Waals surface area (Å²) in [5, 5.41) is 9.48. The number of rotatable bonds is 4. The summed E-state index contributed by atoms with van der Waals surface area (Å²) in [6, 6.07) is 6.57. The molecule has 0 bridgehead atoms. The smallest absolute Gasteiger partial charge is 0.0601 e. The molecule has 1 heterocycles. The molecule has 0 amide bonds. The van der Waals surface area contributed by atoms with Crippen molar-refractivity contribution in [1.82, 2.24) is 4.90 Å². The van der Waals surface area contributed by atoms with Crippen LogP contribution < -0.4 is 10.6 Å². The summed E-state index contributed by atoms with van der Waals surface area (Å²) in [6.45, 7) is 10.4. The van der Waals surface area contributed by atoms with Crippen LogP contribution in [-0.4, -0.2) is 54.9 Å². The zero-order valence-corrected chi connectivity index (χ0v) is 12.8. The van der Waals surface area contributed by atoms with E-state index in [0.29, 0.717) is 0 Å². The van der Waals surface area contributed by atoms with E-state index in [-0.39, 0.29) is 18.7 Å². The number of nitrogens with two attached hydrogens (primary N) is 1. The van der Waals surface area contributed by atoms with E-state index in [1.54, 1.807) is 0 Å². The molecule has 2 unspecified atom stereocenters. The van der Waals surface area contributed by atoms with Crippen LogP contribution in [0.2, 0.25) is 0 Å². The number of aliphatic hydroxyl groups is 1. The predicted molar refractivity (Wildman–Crippen MR) is 84.2 cm³/mol. The monoisotopic (exact) mass is 277 g/mol. The van der Waals surface area contributed by atoms with Crippen molar-refractivity contribution in [3.8, 4) is 0 Å². The Morgan fingerprint density at radius 3 is 2.40 bits per heavy atom. The van der Waals surface area contributed by atoms with Gasteiger partial charge in [-0.2, -0.15) is 0 Å². The van der Waals surface area contributed by atoms with Crippen LogP contribution in [0.25, 0.3) is 0 Å². The van der Waals surface area contributed by atoms with Gasteiger partial charge in [0, 0.05) is 44.0 Å². The first-order valence-electron chi connectivity index (χ1n) is 7.46. The molecule has 1 aromatic carbocycles. The zero-order valence-electron chi connectivity index (χ0n) is 12.8. The second-order valence-electron chi connectivity index (χ2n) is 5.85. The van der Waals surface area contributed by atoms with E-state index in [9.17, 15) is 5.11 Å². The fraction of sp³-hybridized carbons (Fsp3) is 0.625. The summed E-state index contributed by atoms with van der Waals surface area (Å²) >= 11 is 0. The van der Waals surface area contributed by atoms with Crippen LogP contribution in [0.1, 0.15) is 18.1 Å². The van der Waals surface area contributed by atoms with Gasteiger partial charge in [-0.25, -0.2) is 0 Å². The second-order valence-corrected chi connectivity index (χ2v) is 5.85. The van der Waals surface area contributed by atoms with Gasteiger partial charge in [0.2, 0.25) is 0 Å². The Morgan fingerprint density at radius 1 is 1.20 bits per heavy atom. The van der Waals surface area contributed by atoms with Crippen LogP contribution in [0, 0.1) is 13.8 Å².